The number of hydrogen-bond donors (Lipinski definition) is 1. The molecule has 0 amide bonds. The molecule has 0 spiro atoms. The molecule has 8 aromatic rings. The first kappa shape index (κ1) is 36.9. The second-order valence-electron chi connectivity index (χ2n) is 19.9. The highest BCUT2D eigenvalue weighted by atomic mass is 16.3. The van der Waals surface area contributed by atoms with Crippen molar-refractivity contribution in [3.05, 3.63) is 166 Å². The zero-order valence-corrected chi connectivity index (χ0v) is 40.9. The summed E-state index contributed by atoms with van der Waals surface area (Å²) in [5.74, 6) is -5.33. The number of imidazole rings is 1. The summed E-state index contributed by atoms with van der Waals surface area (Å²) in [6.07, 6.45) is 1.81. The maximum Gasteiger partial charge on any atom is 0.149 e. The molecule has 0 bridgehead atoms. The number of phenolic OH excluding ortho intramolecular Hbond substituents is 1. The van der Waals surface area contributed by atoms with Crippen LogP contribution in [0.1, 0.15) is 169 Å². The second-order valence-corrected chi connectivity index (χ2v) is 19.9. The first-order valence-electron chi connectivity index (χ1n) is 27.0. The zero-order chi connectivity index (χ0) is 54.5. The number of hydrogen-bond acceptors (Lipinski definition) is 3. The van der Waals surface area contributed by atoms with E-state index in [-0.39, 0.29) is 33.8 Å². The summed E-state index contributed by atoms with van der Waals surface area (Å²) in [4.78, 5) is 10.3. The van der Waals surface area contributed by atoms with Crippen LogP contribution in [0.3, 0.4) is 0 Å². The van der Waals surface area contributed by atoms with Crippen molar-refractivity contribution in [1.29, 1.82) is 0 Å². The van der Waals surface area contributed by atoms with Crippen molar-refractivity contribution in [2.45, 2.75) is 132 Å². The topological polar surface area (TPSA) is 50.9 Å². The molecular formula is C62H69N3O. The average molecular weight is 880 g/mol. The molecule has 0 aliphatic rings. The Balaban J connectivity index is 1.45. The molecule has 66 heavy (non-hydrogen) atoms. The van der Waals surface area contributed by atoms with E-state index in [0.29, 0.717) is 44.4 Å². The van der Waals surface area contributed by atoms with E-state index in [4.69, 9.17) is 15.5 Å². The minimum atomic E-state index is -2.70. The molecule has 0 saturated heterocycles. The van der Waals surface area contributed by atoms with E-state index in [2.05, 4.69) is 45.0 Å². The Morgan fingerprint density at radius 2 is 1.20 bits per heavy atom. The number of fused-ring (bicyclic) bond motifs is 1. The highest BCUT2D eigenvalue weighted by Gasteiger charge is 2.26. The van der Waals surface area contributed by atoms with Crippen LogP contribution in [0, 0.1) is 6.85 Å². The number of aryl methyl sites for hydroxylation is 1. The summed E-state index contributed by atoms with van der Waals surface area (Å²) in [5, 5.41) is 12.4. The monoisotopic (exact) mass is 880 g/mol. The van der Waals surface area contributed by atoms with Gasteiger partial charge < -0.3 is 5.11 Å². The zero-order valence-electron chi connectivity index (χ0n) is 48.9. The van der Waals surface area contributed by atoms with E-state index in [9.17, 15) is 10.6 Å². The summed E-state index contributed by atoms with van der Waals surface area (Å²) < 4.78 is 74.5. The van der Waals surface area contributed by atoms with E-state index in [0.717, 1.165) is 44.6 Å². The second kappa shape index (κ2) is 18.2. The van der Waals surface area contributed by atoms with Gasteiger partial charge in [-0.25, -0.2) is 4.98 Å². The van der Waals surface area contributed by atoms with Gasteiger partial charge in [-0.3, -0.25) is 9.55 Å². The lowest BCUT2D eigenvalue weighted by Crippen LogP contribution is -2.11. The van der Waals surface area contributed by atoms with Crippen LogP contribution in [0.2, 0.25) is 0 Å². The van der Waals surface area contributed by atoms with E-state index in [1.165, 1.54) is 0 Å². The van der Waals surface area contributed by atoms with Crippen molar-refractivity contribution in [3.63, 3.8) is 0 Å². The van der Waals surface area contributed by atoms with E-state index < -0.39 is 36.3 Å². The largest absolute Gasteiger partial charge is 0.507 e. The third-order valence-electron chi connectivity index (χ3n) is 12.8. The molecule has 2 heterocycles. The van der Waals surface area contributed by atoms with Crippen LogP contribution >= 0.6 is 0 Å². The van der Waals surface area contributed by atoms with Gasteiger partial charge in [0.25, 0.3) is 0 Å². The van der Waals surface area contributed by atoms with Gasteiger partial charge in [-0.05, 0) is 157 Å². The number of phenols is 1. The lowest BCUT2D eigenvalue weighted by Gasteiger charge is -2.22. The normalized spacial score (nSPS) is 15.0. The molecular weight excluding hydrogens is 803 g/mol. The molecule has 0 atom stereocenters. The summed E-state index contributed by atoms with van der Waals surface area (Å²) in [6.45, 7) is 21.5. The predicted molar refractivity (Wildman–Crippen MR) is 282 cm³/mol. The van der Waals surface area contributed by atoms with Crippen LogP contribution in [0.15, 0.2) is 128 Å². The number of rotatable bonds is 11. The summed E-state index contributed by atoms with van der Waals surface area (Å²) in [7, 11) is 0. The highest BCUT2D eigenvalue weighted by Crippen LogP contribution is 2.45. The molecule has 0 fully saturated rings. The lowest BCUT2D eigenvalue weighted by molar-refractivity contribution is 0.466. The van der Waals surface area contributed by atoms with Gasteiger partial charge in [-0.1, -0.05) is 163 Å². The van der Waals surface area contributed by atoms with Gasteiger partial charge >= 0.3 is 0 Å². The van der Waals surface area contributed by atoms with Gasteiger partial charge in [-0.2, -0.15) is 0 Å². The Kier molecular flexibility index (Phi) is 10.2. The van der Waals surface area contributed by atoms with Gasteiger partial charge in [0.05, 0.1) is 28.0 Å². The van der Waals surface area contributed by atoms with Crippen LogP contribution < -0.4 is 0 Å². The van der Waals surface area contributed by atoms with Crippen LogP contribution in [0.5, 0.6) is 5.75 Å². The maximum absolute atomic E-state index is 12.4. The first-order chi connectivity index (χ1) is 34.0. The molecule has 0 unspecified atom stereocenters. The molecule has 0 radical (unpaired) electrons. The Bertz CT molecular complexity index is 3410. The molecule has 1 N–H and O–H groups in total. The summed E-state index contributed by atoms with van der Waals surface area (Å²) in [5.41, 5.74) is 11.8. The van der Waals surface area contributed by atoms with Gasteiger partial charge in [0, 0.05) is 28.3 Å². The van der Waals surface area contributed by atoms with Crippen molar-refractivity contribution >= 4 is 11.0 Å². The molecule has 4 nitrogen and oxygen atoms in total. The number of pyridine rings is 1. The smallest absolute Gasteiger partial charge is 0.149 e. The van der Waals surface area contributed by atoms with Gasteiger partial charge in [0.2, 0.25) is 0 Å². The summed E-state index contributed by atoms with van der Waals surface area (Å²) in [6, 6.07) is 38.6. The van der Waals surface area contributed by atoms with Gasteiger partial charge in [0.1, 0.15) is 11.6 Å². The standard InChI is InChI=1S/C62H69N3O/c1-36(2)42-21-23-43(24-22-42)44-27-28-63-55(35-44)48-30-47(31-49(32-48)62(12,13)14)52-19-16-20-57-59(52)64-61(54-34-46(37(3)4)33-53(40(9)10)60(54)66)65(57)56-26-25-45(29-41(56)11)58-50(38(5)6)17-15-18-51(58)39(7)8/h15-40,66H,1-14H3/i11D3,36D,37D,38D,39D,40D. The Morgan fingerprint density at radius 1 is 0.561 bits per heavy atom. The van der Waals surface area contributed by atoms with Crippen molar-refractivity contribution in [2.24, 2.45) is 0 Å². The minimum absolute atomic E-state index is 0.00851. The predicted octanol–water partition coefficient (Wildman–Crippen LogP) is 17.7. The molecule has 4 heteroatoms. The molecule has 0 saturated carbocycles. The molecule has 0 aliphatic carbocycles. The Labute approximate surface area is 406 Å². The number of para-hydroxylation sites is 1. The summed E-state index contributed by atoms with van der Waals surface area (Å²) >= 11 is 0. The van der Waals surface area contributed by atoms with Crippen LogP contribution in [-0.2, 0) is 5.41 Å². The fourth-order valence-electron chi connectivity index (χ4n) is 8.94. The first-order valence-corrected chi connectivity index (χ1v) is 23.0. The third-order valence-corrected chi connectivity index (χ3v) is 12.8. The van der Waals surface area contributed by atoms with E-state index >= 15 is 0 Å². The lowest BCUT2D eigenvalue weighted by atomic mass is 9.83. The number of aromatic nitrogens is 3. The number of benzene rings is 6. The minimum Gasteiger partial charge on any atom is -0.507 e. The van der Waals surface area contributed by atoms with Gasteiger partial charge in [0.15, 0.2) is 0 Å². The SMILES string of the molecule is [2H]C([2H])([2H])c1cc(-c2c(C([2H])(C)C)cccc2C([2H])(C)C)ccc1-n1c(-c2cc(C([2H])(C)C)cc(C([2H])(C)C)c2O)nc2c(-c3cc(-c4cc(-c5ccc(C([2H])(C)C)cc5)ccn4)cc(C(C)(C)C)c3)cccc21. The Hall–Kier alpha value is -6.26. The number of nitrogens with zero attached hydrogens (tertiary/aromatic N) is 3. The maximum atomic E-state index is 12.4. The molecule has 2 aromatic heterocycles. The highest BCUT2D eigenvalue weighted by molar-refractivity contribution is 5.97. The van der Waals surface area contributed by atoms with Crippen molar-refractivity contribution in [2.75, 3.05) is 0 Å². The molecule has 6 aromatic carbocycles. The molecule has 8 rings (SSSR count). The van der Waals surface area contributed by atoms with Crippen molar-refractivity contribution in [1.82, 2.24) is 14.5 Å². The van der Waals surface area contributed by atoms with Crippen molar-refractivity contribution in [3.8, 4) is 67.5 Å². The van der Waals surface area contributed by atoms with Gasteiger partial charge in [-0.15, -0.1) is 0 Å². The van der Waals surface area contributed by atoms with E-state index in [1.807, 2.05) is 92.8 Å². The van der Waals surface area contributed by atoms with Crippen LogP contribution in [-0.4, -0.2) is 19.6 Å². The third kappa shape index (κ3) is 8.87. The molecule has 0 aliphatic heterocycles. The van der Waals surface area contributed by atoms with Crippen molar-refractivity contribution < 1.29 is 16.1 Å². The average Bonchev–Trinajstić information content (AvgIpc) is 3.68. The van der Waals surface area contributed by atoms with Crippen LogP contribution in [0.25, 0.3) is 72.7 Å². The Morgan fingerprint density at radius 3 is 1.82 bits per heavy atom. The fraction of sp³-hybridized carbons (Fsp3) is 0.323. The fourth-order valence-corrected chi connectivity index (χ4v) is 8.94. The quantitative estimate of drug-likeness (QED) is 0.141. The van der Waals surface area contributed by atoms with E-state index in [1.54, 1.807) is 84.2 Å². The molecule has 338 valence electrons. The number of aromatic hydroxyl groups is 1. The van der Waals surface area contributed by atoms with Crippen LogP contribution in [0.4, 0.5) is 0 Å².